The van der Waals surface area contributed by atoms with Gasteiger partial charge in [-0.1, -0.05) is 315 Å². The van der Waals surface area contributed by atoms with Gasteiger partial charge in [-0.15, -0.1) is 0 Å². The van der Waals surface area contributed by atoms with Gasteiger partial charge < -0.3 is 20.6 Å². The molecule has 0 saturated heterocycles. The van der Waals surface area contributed by atoms with E-state index >= 15 is 0 Å². The lowest BCUT2D eigenvalue weighted by Gasteiger charge is -2.23. The summed E-state index contributed by atoms with van der Waals surface area (Å²) in [5.74, 6) is -0.276. The van der Waals surface area contributed by atoms with Crippen LogP contribution in [0.25, 0.3) is 0 Å². The van der Waals surface area contributed by atoms with Crippen LogP contribution >= 0.6 is 0 Å². The molecule has 4 N–H and O–H groups in total. The molecule has 0 heterocycles. The third-order valence-corrected chi connectivity index (χ3v) is 14.6. The Morgan fingerprint density at radius 1 is 0.364 bits per heavy atom. The largest absolute Gasteiger partial charge is 0.394 e. The molecule has 0 aromatic rings. The Morgan fingerprint density at radius 2 is 0.606 bits per heavy atom. The van der Waals surface area contributed by atoms with Gasteiger partial charge in [0.15, 0.2) is 0 Å². The molecule has 0 aliphatic carbocycles. The van der Waals surface area contributed by atoms with Crippen molar-refractivity contribution in [1.29, 1.82) is 0 Å². The van der Waals surface area contributed by atoms with E-state index in [2.05, 4.69) is 31.3 Å². The van der Waals surface area contributed by atoms with Crippen LogP contribution in [0.1, 0.15) is 348 Å². The number of carbonyl (C=O) groups excluding carboxylic acids is 1. The van der Waals surface area contributed by atoms with Gasteiger partial charge in [0.1, 0.15) is 0 Å². The van der Waals surface area contributed by atoms with E-state index in [-0.39, 0.29) is 18.9 Å². The number of unbranched alkanes of at least 4 members (excludes halogenated alkanes) is 46. The molecule has 66 heavy (non-hydrogen) atoms. The zero-order chi connectivity index (χ0) is 47.9. The average Bonchev–Trinajstić information content (AvgIpc) is 3.31. The molecule has 0 fully saturated rings. The van der Waals surface area contributed by atoms with Crippen molar-refractivity contribution in [3.63, 3.8) is 0 Å². The Hall–Kier alpha value is -0.910. The summed E-state index contributed by atoms with van der Waals surface area (Å²) in [7, 11) is 0. The molecule has 3 unspecified atom stereocenters. The van der Waals surface area contributed by atoms with Crippen LogP contribution in [0.2, 0.25) is 0 Å². The summed E-state index contributed by atoms with van der Waals surface area (Å²) >= 11 is 0. The number of hydrogen-bond acceptors (Lipinski definition) is 4. The van der Waals surface area contributed by atoms with Gasteiger partial charge in [0.05, 0.1) is 31.3 Å². The number of aliphatic hydroxyl groups is 3. The monoisotopic (exact) mass is 932 g/mol. The zero-order valence-corrected chi connectivity index (χ0v) is 45.1. The van der Waals surface area contributed by atoms with E-state index in [9.17, 15) is 20.1 Å². The molecule has 0 aliphatic heterocycles. The minimum absolute atomic E-state index is 0.0412. The smallest absolute Gasteiger partial charge is 0.222 e. The van der Waals surface area contributed by atoms with Crippen molar-refractivity contribution < 1.29 is 20.1 Å². The maximum Gasteiger partial charge on any atom is 0.222 e. The van der Waals surface area contributed by atoms with E-state index in [4.69, 9.17) is 0 Å². The molecule has 1 amide bonds. The van der Waals surface area contributed by atoms with Crippen molar-refractivity contribution in [3.8, 4) is 0 Å². The number of allylic oxidation sites excluding steroid dienone is 2. The van der Waals surface area contributed by atoms with E-state index in [0.717, 1.165) is 25.7 Å². The molecule has 0 bridgehead atoms. The maximum absolute atomic E-state index is 12.6. The van der Waals surface area contributed by atoms with Crippen LogP contribution < -0.4 is 5.32 Å². The molecule has 394 valence electrons. The van der Waals surface area contributed by atoms with Crippen molar-refractivity contribution in [2.75, 3.05) is 6.61 Å². The highest BCUT2D eigenvalue weighted by atomic mass is 16.3. The molecular formula is C61H121NO4. The van der Waals surface area contributed by atoms with Crippen LogP contribution in [0.3, 0.4) is 0 Å². The maximum atomic E-state index is 12.6. The molecule has 0 spiro atoms. The molecule has 0 aromatic carbocycles. The number of aliphatic hydroxyl groups excluding tert-OH is 3. The second-order valence-corrected chi connectivity index (χ2v) is 21.3. The van der Waals surface area contributed by atoms with Crippen molar-refractivity contribution in [1.82, 2.24) is 5.32 Å². The Labute approximate surface area is 414 Å². The van der Waals surface area contributed by atoms with Gasteiger partial charge in [0.2, 0.25) is 5.91 Å². The molecule has 0 aliphatic rings. The number of nitrogens with one attached hydrogen (secondary N) is 1. The quantitative estimate of drug-likeness (QED) is 0.0361. The first-order chi connectivity index (χ1) is 32.5. The van der Waals surface area contributed by atoms with Crippen LogP contribution in [0.5, 0.6) is 0 Å². The van der Waals surface area contributed by atoms with Crippen molar-refractivity contribution >= 4 is 5.91 Å². The predicted molar refractivity (Wildman–Crippen MR) is 292 cm³/mol. The second kappa shape index (κ2) is 56.7. The molecule has 5 heteroatoms. The first-order valence-electron chi connectivity index (χ1n) is 30.5. The third kappa shape index (κ3) is 52.5. The van der Waals surface area contributed by atoms with E-state index in [1.807, 2.05) is 0 Å². The molecule has 3 atom stereocenters. The fourth-order valence-electron chi connectivity index (χ4n) is 9.93. The van der Waals surface area contributed by atoms with Gasteiger partial charge >= 0.3 is 0 Å². The van der Waals surface area contributed by atoms with Crippen molar-refractivity contribution in [2.45, 2.75) is 366 Å². The van der Waals surface area contributed by atoms with Crippen LogP contribution in [-0.4, -0.2) is 46.1 Å². The zero-order valence-electron chi connectivity index (χ0n) is 45.1. The lowest BCUT2D eigenvalue weighted by Crippen LogP contribution is -2.46. The van der Waals surface area contributed by atoms with Crippen LogP contribution in [0.15, 0.2) is 12.2 Å². The lowest BCUT2D eigenvalue weighted by molar-refractivity contribution is -0.125. The molecule has 5 nitrogen and oxygen atoms in total. The fraction of sp³-hybridized carbons (Fsp3) is 0.951. The first-order valence-corrected chi connectivity index (χ1v) is 30.5. The summed E-state index contributed by atoms with van der Waals surface area (Å²) in [6.45, 7) is 4.31. The summed E-state index contributed by atoms with van der Waals surface area (Å²) in [4.78, 5) is 12.6. The second-order valence-electron chi connectivity index (χ2n) is 21.3. The van der Waals surface area contributed by atoms with Gasteiger partial charge in [-0.3, -0.25) is 4.79 Å². The Kier molecular flexibility index (Phi) is 55.9. The topological polar surface area (TPSA) is 89.8 Å². The predicted octanol–water partition coefficient (Wildman–Crippen LogP) is 19.1. The molecular weight excluding hydrogens is 811 g/mol. The van der Waals surface area contributed by atoms with Crippen LogP contribution in [0, 0.1) is 0 Å². The van der Waals surface area contributed by atoms with Crippen LogP contribution in [-0.2, 0) is 4.79 Å². The minimum atomic E-state index is -0.748. The van der Waals surface area contributed by atoms with Crippen molar-refractivity contribution in [2.24, 2.45) is 0 Å². The van der Waals surface area contributed by atoms with E-state index < -0.39 is 18.2 Å². The molecule has 0 saturated carbocycles. The number of hydrogen-bond donors (Lipinski definition) is 4. The number of rotatable bonds is 57. The highest BCUT2D eigenvalue weighted by Crippen LogP contribution is 2.19. The lowest BCUT2D eigenvalue weighted by atomic mass is 10.0. The third-order valence-electron chi connectivity index (χ3n) is 14.6. The summed E-state index contributed by atoms with van der Waals surface area (Å²) < 4.78 is 0. The van der Waals surface area contributed by atoms with E-state index in [0.29, 0.717) is 12.8 Å². The minimum Gasteiger partial charge on any atom is -0.394 e. The van der Waals surface area contributed by atoms with Crippen molar-refractivity contribution in [3.05, 3.63) is 12.2 Å². The summed E-state index contributed by atoms with van der Waals surface area (Å²) in [5.41, 5.74) is 0. The number of carbonyl (C=O) groups is 1. The standard InChI is InChI=1S/C61H121NO4/c1-3-5-7-9-11-13-15-17-19-21-23-25-26-27-28-29-30-31-32-33-35-36-38-40-42-44-46-48-50-52-54-58(64)56-61(66)62-59(57-63)60(65)55-53-51-49-47-45-43-41-39-37-34-24-22-20-18-16-14-12-10-8-6-4-2/h27-28,58-60,63-65H,3-26,29-57H2,1-2H3,(H,62,66)/b28-27-. The Morgan fingerprint density at radius 3 is 0.879 bits per heavy atom. The summed E-state index contributed by atoms with van der Waals surface area (Å²) in [5, 5.41) is 33.7. The van der Waals surface area contributed by atoms with Gasteiger partial charge in [-0.25, -0.2) is 0 Å². The summed E-state index contributed by atoms with van der Waals surface area (Å²) in [6.07, 6.45) is 71.0. The molecule has 0 rings (SSSR count). The van der Waals surface area contributed by atoms with Gasteiger partial charge in [-0.2, -0.15) is 0 Å². The molecule has 0 radical (unpaired) electrons. The van der Waals surface area contributed by atoms with Gasteiger partial charge in [0, 0.05) is 0 Å². The van der Waals surface area contributed by atoms with Crippen LogP contribution in [0.4, 0.5) is 0 Å². The fourth-order valence-corrected chi connectivity index (χ4v) is 9.93. The normalized spacial score (nSPS) is 13.2. The van der Waals surface area contributed by atoms with E-state index in [1.165, 1.54) is 289 Å². The SMILES string of the molecule is CCCCCCCCCCCCCC/C=C\CCCCCCCCCCCCCCCCC(O)CC(=O)NC(CO)C(O)CCCCCCCCCCCCCCCCCCCCCCC. The average molecular weight is 933 g/mol. The Balaban J connectivity index is 3.48. The highest BCUT2D eigenvalue weighted by Gasteiger charge is 2.21. The number of amides is 1. The van der Waals surface area contributed by atoms with Gasteiger partial charge in [-0.05, 0) is 38.5 Å². The molecule has 0 aromatic heterocycles. The summed E-state index contributed by atoms with van der Waals surface area (Å²) in [6, 6.07) is -0.656. The first kappa shape index (κ1) is 65.1. The van der Waals surface area contributed by atoms with E-state index in [1.54, 1.807) is 0 Å². The Bertz CT molecular complexity index is 940. The highest BCUT2D eigenvalue weighted by molar-refractivity contribution is 5.76. The van der Waals surface area contributed by atoms with Gasteiger partial charge in [0.25, 0.3) is 0 Å².